The summed E-state index contributed by atoms with van der Waals surface area (Å²) < 4.78 is 20.6. The number of carbonyl (C=O) groups excluding carboxylic acids is 1. The summed E-state index contributed by atoms with van der Waals surface area (Å²) in [6, 6.07) is 14.1. The molecule has 0 saturated heterocycles. The van der Waals surface area contributed by atoms with Crippen molar-refractivity contribution in [3.63, 3.8) is 0 Å². The van der Waals surface area contributed by atoms with Gasteiger partial charge in [-0.1, -0.05) is 35.6 Å². The van der Waals surface area contributed by atoms with Gasteiger partial charge in [0.25, 0.3) is 5.91 Å². The lowest BCUT2D eigenvalue weighted by Crippen LogP contribution is -3.05. The van der Waals surface area contributed by atoms with E-state index in [0.29, 0.717) is 22.8 Å². The van der Waals surface area contributed by atoms with E-state index in [1.807, 2.05) is 30.3 Å². The molecule has 0 atom stereocenters. The van der Waals surface area contributed by atoms with Crippen molar-refractivity contribution in [2.45, 2.75) is 6.42 Å². The molecule has 0 aliphatic carbocycles. The van der Waals surface area contributed by atoms with E-state index in [-0.39, 0.29) is 17.5 Å². The number of furan rings is 1. The minimum absolute atomic E-state index is 0.260. The molecule has 2 aromatic carbocycles. The number of aromatic nitrogens is 1. The van der Waals surface area contributed by atoms with Crippen LogP contribution in [0, 0.1) is 5.82 Å². The molecular weight excluding hydrogens is 377 g/mol. The van der Waals surface area contributed by atoms with Crippen LogP contribution < -0.4 is 9.80 Å². The number of nitrogens with zero attached hydrogens (tertiary/aromatic N) is 2. The summed E-state index contributed by atoms with van der Waals surface area (Å²) in [5, 5.41) is 1.36. The highest BCUT2D eigenvalue weighted by molar-refractivity contribution is 7.22. The van der Waals surface area contributed by atoms with E-state index >= 15 is 0 Å². The lowest BCUT2D eigenvalue weighted by Gasteiger charge is -2.19. The zero-order valence-corrected chi connectivity index (χ0v) is 16.6. The van der Waals surface area contributed by atoms with E-state index in [9.17, 15) is 9.18 Å². The van der Waals surface area contributed by atoms with Crippen molar-refractivity contribution in [1.29, 1.82) is 0 Å². The Morgan fingerprint density at radius 2 is 2.04 bits per heavy atom. The smallest absolute Gasteiger partial charge is 0.295 e. The number of anilines is 1. The minimum Gasteiger partial charge on any atom is -0.451 e. The second-order valence-corrected chi connectivity index (χ2v) is 8.01. The van der Waals surface area contributed by atoms with Gasteiger partial charge in [-0.15, -0.1) is 0 Å². The molecule has 7 heteroatoms. The molecule has 1 N–H and O–H groups in total. The van der Waals surface area contributed by atoms with Crippen molar-refractivity contribution < 1.29 is 18.5 Å². The Balaban J connectivity index is 1.71. The number of benzene rings is 2. The van der Waals surface area contributed by atoms with E-state index in [4.69, 9.17) is 4.42 Å². The Morgan fingerprint density at radius 1 is 1.21 bits per heavy atom. The summed E-state index contributed by atoms with van der Waals surface area (Å²) in [4.78, 5) is 20.6. The molecule has 4 rings (SSSR count). The van der Waals surface area contributed by atoms with E-state index in [0.717, 1.165) is 23.1 Å². The lowest BCUT2D eigenvalue weighted by atomic mass is 10.2. The van der Waals surface area contributed by atoms with Crippen LogP contribution in [0.1, 0.15) is 17.0 Å². The number of fused-ring (bicyclic) bond motifs is 2. The van der Waals surface area contributed by atoms with Crippen LogP contribution in [0.2, 0.25) is 0 Å². The third kappa shape index (κ3) is 3.63. The molecule has 0 aliphatic rings. The highest BCUT2D eigenvalue weighted by atomic mass is 32.1. The zero-order chi connectivity index (χ0) is 19.7. The van der Waals surface area contributed by atoms with Gasteiger partial charge in [-0.05, 0) is 24.3 Å². The molecule has 144 valence electrons. The molecule has 28 heavy (non-hydrogen) atoms. The maximum Gasteiger partial charge on any atom is 0.295 e. The van der Waals surface area contributed by atoms with Crippen LogP contribution in [-0.2, 0) is 0 Å². The Kier molecular flexibility index (Phi) is 5.11. The van der Waals surface area contributed by atoms with Crippen LogP contribution in [0.3, 0.4) is 0 Å². The number of quaternary nitrogens is 1. The fourth-order valence-electron chi connectivity index (χ4n) is 3.11. The van der Waals surface area contributed by atoms with Crippen LogP contribution >= 0.6 is 11.3 Å². The highest BCUT2D eigenvalue weighted by Crippen LogP contribution is 2.32. The fourth-order valence-corrected chi connectivity index (χ4v) is 4.12. The van der Waals surface area contributed by atoms with Crippen LogP contribution in [0.25, 0.3) is 21.2 Å². The van der Waals surface area contributed by atoms with Gasteiger partial charge in [0.1, 0.15) is 16.9 Å². The summed E-state index contributed by atoms with van der Waals surface area (Å²) in [5.74, 6) is -0.378. The first-order valence-corrected chi connectivity index (χ1v) is 9.99. The van der Waals surface area contributed by atoms with Crippen molar-refractivity contribution >= 4 is 43.6 Å². The Labute approximate surface area is 166 Å². The Hall–Kier alpha value is -2.77. The highest BCUT2D eigenvalue weighted by Gasteiger charge is 2.25. The van der Waals surface area contributed by atoms with Crippen molar-refractivity contribution in [2.75, 3.05) is 32.1 Å². The van der Waals surface area contributed by atoms with Crippen LogP contribution in [0.5, 0.6) is 0 Å². The average Bonchev–Trinajstić information content (AvgIpc) is 3.29. The van der Waals surface area contributed by atoms with Gasteiger partial charge < -0.3 is 9.32 Å². The monoisotopic (exact) mass is 398 g/mol. The standard InChI is InChI=1S/C21H20FN3O2S/c1-24(2)11-6-12-25(21-23-19-15(22)8-5-10-18(19)28-21)20(26)17-13-14-7-3-4-9-16(14)27-17/h3-5,7-10,13H,6,11-12H2,1-2H3/p+1. The number of thiazole rings is 1. The van der Waals surface area contributed by atoms with E-state index < -0.39 is 0 Å². The van der Waals surface area contributed by atoms with Gasteiger partial charge in [0.2, 0.25) is 0 Å². The van der Waals surface area contributed by atoms with Crippen molar-refractivity contribution in [2.24, 2.45) is 0 Å². The Bertz CT molecular complexity index is 1100. The maximum absolute atomic E-state index is 14.1. The molecule has 0 aliphatic heterocycles. The van der Waals surface area contributed by atoms with Crippen molar-refractivity contribution in [1.82, 2.24) is 4.98 Å². The van der Waals surface area contributed by atoms with Gasteiger partial charge in [0.15, 0.2) is 10.9 Å². The number of amides is 1. The molecule has 2 heterocycles. The van der Waals surface area contributed by atoms with Crippen LogP contribution in [0.15, 0.2) is 52.9 Å². The molecule has 1 amide bonds. The molecule has 0 saturated carbocycles. The number of nitrogens with one attached hydrogen (secondary N) is 1. The normalized spacial score (nSPS) is 11.6. The van der Waals surface area contributed by atoms with Gasteiger partial charge in [0, 0.05) is 18.4 Å². The molecule has 0 radical (unpaired) electrons. The number of carbonyl (C=O) groups is 1. The summed E-state index contributed by atoms with van der Waals surface area (Å²) in [6.07, 6.45) is 0.798. The van der Waals surface area contributed by atoms with E-state index in [2.05, 4.69) is 19.1 Å². The first kappa shape index (κ1) is 18.6. The molecule has 2 aromatic heterocycles. The van der Waals surface area contributed by atoms with Gasteiger partial charge in [-0.25, -0.2) is 9.37 Å². The van der Waals surface area contributed by atoms with Gasteiger partial charge >= 0.3 is 0 Å². The van der Waals surface area contributed by atoms with Crippen LogP contribution in [0.4, 0.5) is 9.52 Å². The first-order valence-electron chi connectivity index (χ1n) is 9.17. The Morgan fingerprint density at radius 3 is 2.79 bits per heavy atom. The largest absolute Gasteiger partial charge is 0.451 e. The lowest BCUT2D eigenvalue weighted by molar-refractivity contribution is -0.858. The number of para-hydroxylation sites is 2. The predicted molar refractivity (Wildman–Crippen MR) is 110 cm³/mol. The fraction of sp³-hybridized carbons (Fsp3) is 0.238. The topological polar surface area (TPSA) is 50.8 Å². The van der Waals surface area contributed by atoms with Crippen molar-refractivity contribution in [3.8, 4) is 0 Å². The van der Waals surface area contributed by atoms with E-state index in [1.165, 1.54) is 22.3 Å². The molecule has 0 spiro atoms. The van der Waals surface area contributed by atoms with Crippen molar-refractivity contribution in [3.05, 3.63) is 60.1 Å². The number of halogens is 1. The van der Waals surface area contributed by atoms with Gasteiger partial charge in [-0.2, -0.15) is 0 Å². The quantitative estimate of drug-likeness (QED) is 0.542. The third-order valence-electron chi connectivity index (χ3n) is 4.53. The zero-order valence-electron chi connectivity index (χ0n) is 15.7. The second kappa shape index (κ2) is 7.69. The van der Waals surface area contributed by atoms with Gasteiger partial charge in [-0.3, -0.25) is 9.69 Å². The summed E-state index contributed by atoms with van der Waals surface area (Å²) in [5.41, 5.74) is 0.960. The summed E-state index contributed by atoms with van der Waals surface area (Å²) in [7, 11) is 4.14. The third-order valence-corrected chi connectivity index (χ3v) is 5.57. The number of hydrogen-bond donors (Lipinski definition) is 1. The van der Waals surface area contributed by atoms with Gasteiger partial charge in [0.05, 0.1) is 25.3 Å². The molecule has 0 fully saturated rings. The summed E-state index contributed by atoms with van der Waals surface area (Å²) in [6.45, 7) is 1.39. The SMILES string of the molecule is C[NH+](C)CCCN(C(=O)c1cc2ccccc2o1)c1nc2c(F)cccc2s1. The molecule has 4 aromatic rings. The number of hydrogen-bond acceptors (Lipinski definition) is 4. The molecule has 0 unspecified atom stereocenters. The average molecular weight is 398 g/mol. The molecule has 5 nitrogen and oxygen atoms in total. The second-order valence-electron chi connectivity index (χ2n) is 7.00. The number of rotatable bonds is 6. The van der Waals surface area contributed by atoms with Crippen LogP contribution in [-0.4, -0.2) is 38.1 Å². The molecular formula is C21H21FN3O2S+. The maximum atomic E-state index is 14.1. The first-order chi connectivity index (χ1) is 13.5. The van der Waals surface area contributed by atoms with E-state index in [1.54, 1.807) is 17.0 Å². The minimum atomic E-state index is -0.381. The predicted octanol–water partition coefficient (Wildman–Crippen LogP) is 3.36. The summed E-state index contributed by atoms with van der Waals surface area (Å²) >= 11 is 1.31. The molecule has 0 bridgehead atoms.